The molecule has 0 spiro atoms. The van der Waals surface area contributed by atoms with Gasteiger partial charge < -0.3 is 9.84 Å². The van der Waals surface area contributed by atoms with Crippen molar-refractivity contribution in [2.24, 2.45) is 0 Å². The van der Waals surface area contributed by atoms with Gasteiger partial charge in [0.05, 0.1) is 11.6 Å². The van der Waals surface area contributed by atoms with E-state index in [-0.39, 0.29) is 23.5 Å². The number of nitrogens with zero attached hydrogens (tertiary/aromatic N) is 5. The zero-order valence-electron chi connectivity index (χ0n) is 15.7. The lowest BCUT2D eigenvalue weighted by Gasteiger charge is -2.13. The molecule has 146 valence electrons. The van der Waals surface area contributed by atoms with Crippen LogP contribution in [0.5, 0.6) is 0 Å². The summed E-state index contributed by atoms with van der Waals surface area (Å²) in [5.41, 5.74) is 1.74. The monoisotopic (exact) mass is 392 g/mol. The Balaban J connectivity index is 1.46. The summed E-state index contributed by atoms with van der Waals surface area (Å²) in [6.07, 6.45) is 4.71. The fourth-order valence-electron chi connectivity index (χ4n) is 2.75. The first kappa shape index (κ1) is 18.5. The molecule has 0 radical (unpaired) electrons. The normalized spacial score (nSPS) is 12.0. The van der Waals surface area contributed by atoms with Crippen molar-refractivity contribution in [1.82, 2.24) is 30.0 Å². The van der Waals surface area contributed by atoms with Crippen LogP contribution in [0.25, 0.3) is 17.3 Å². The first-order valence-electron chi connectivity index (χ1n) is 8.87. The Morgan fingerprint density at radius 1 is 1.17 bits per heavy atom. The summed E-state index contributed by atoms with van der Waals surface area (Å²) in [5.74, 6) is 0.867. The van der Waals surface area contributed by atoms with Crippen molar-refractivity contribution in [3.8, 4) is 17.3 Å². The van der Waals surface area contributed by atoms with Gasteiger partial charge in [-0.3, -0.25) is 9.36 Å². The average Bonchev–Trinajstić information content (AvgIpc) is 3.38. The Labute approximate surface area is 165 Å². The van der Waals surface area contributed by atoms with Crippen LogP contribution in [0.1, 0.15) is 34.8 Å². The fraction of sp³-hybridized carbons (Fsp3) is 0.150. The summed E-state index contributed by atoms with van der Waals surface area (Å²) in [6.45, 7) is 3.56. The maximum Gasteiger partial charge on any atom is 0.271 e. The van der Waals surface area contributed by atoms with Crippen molar-refractivity contribution in [1.29, 1.82) is 0 Å². The molecule has 8 nitrogen and oxygen atoms in total. The third kappa shape index (κ3) is 4.03. The molecule has 1 atom stereocenters. The van der Waals surface area contributed by atoms with Gasteiger partial charge in [-0.2, -0.15) is 4.98 Å². The lowest BCUT2D eigenvalue weighted by Crippen LogP contribution is -2.26. The van der Waals surface area contributed by atoms with Crippen molar-refractivity contribution in [2.75, 3.05) is 0 Å². The number of aryl methyl sites for hydroxylation is 1. The maximum atomic E-state index is 13.0. The molecule has 0 aliphatic heterocycles. The number of pyridine rings is 1. The lowest BCUT2D eigenvalue weighted by atomic mass is 10.1. The highest BCUT2D eigenvalue weighted by atomic mass is 19.1. The summed E-state index contributed by atoms with van der Waals surface area (Å²) in [4.78, 5) is 25.1. The third-order valence-electron chi connectivity index (χ3n) is 4.32. The van der Waals surface area contributed by atoms with Gasteiger partial charge in [0.15, 0.2) is 5.82 Å². The van der Waals surface area contributed by atoms with Gasteiger partial charge in [-0.25, -0.2) is 14.4 Å². The number of rotatable bonds is 5. The number of carbonyl (C=O) groups excluding carboxylic acids is 1. The highest BCUT2D eigenvalue weighted by Gasteiger charge is 2.15. The van der Waals surface area contributed by atoms with E-state index in [1.54, 1.807) is 48.1 Å². The van der Waals surface area contributed by atoms with Crippen LogP contribution in [0, 0.1) is 12.7 Å². The van der Waals surface area contributed by atoms with Gasteiger partial charge in [0, 0.05) is 12.4 Å². The Morgan fingerprint density at radius 2 is 1.97 bits per heavy atom. The second-order valence-corrected chi connectivity index (χ2v) is 6.46. The molecule has 4 rings (SSSR count). The number of nitrogens with one attached hydrogen (secondary N) is 1. The molecule has 3 aromatic heterocycles. The molecule has 0 fully saturated rings. The number of halogens is 1. The second-order valence-electron chi connectivity index (χ2n) is 6.46. The minimum absolute atomic E-state index is 0.248. The molecule has 4 aromatic rings. The third-order valence-corrected chi connectivity index (χ3v) is 4.32. The average molecular weight is 392 g/mol. The predicted molar refractivity (Wildman–Crippen MR) is 102 cm³/mol. The first-order chi connectivity index (χ1) is 14.0. The first-order valence-corrected chi connectivity index (χ1v) is 8.87. The van der Waals surface area contributed by atoms with E-state index in [4.69, 9.17) is 4.52 Å². The van der Waals surface area contributed by atoms with Gasteiger partial charge in [-0.05, 0) is 43.7 Å². The van der Waals surface area contributed by atoms with Gasteiger partial charge in [0.1, 0.15) is 23.7 Å². The van der Waals surface area contributed by atoms with Crippen molar-refractivity contribution in [2.45, 2.75) is 19.9 Å². The molecule has 29 heavy (non-hydrogen) atoms. The standard InChI is InChI=1S/C20H17FN6O2/c1-12(14-3-6-16(21)7-4-14)24-19(28)17-10-27(11-23-17)18-8-5-15(9-22-18)20-25-13(2)26-29-20/h3-12H,1-2H3,(H,24,28)/t12-/m0/s1. The zero-order valence-corrected chi connectivity index (χ0v) is 15.7. The van der Waals surface area contributed by atoms with E-state index in [9.17, 15) is 9.18 Å². The summed E-state index contributed by atoms with van der Waals surface area (Å²) >= 11 is 0. The topological polar surface area (TPSA) is 98.7 Å². The van der Waals surface area contributed by atoms with Gasteiger partial charge in [-0.15, -0.1) is 0 Å². The molecule has 0 unspecified atom stereocenters. The van der Waals surface area contributed by atoms with E-state index >= 15 is 0 Å². The number of amides is 1. The van der Waals surface area contributed by atoms with Crippen LogP contribution in [0.3, 0.4) is 0 Å². The molecule has 0 saturated carbocycles. The van der Waals surface area contributed by atoms with E-state index in [0.29, 0.717) is 23.1 Å². The number of imidazole rings is 1. The van der Waals surface area contributed by atoms with Gasteiger partial charge >= 0.3 is 0 Å². The maximum absolute atomic E-state index is 13.0. The SMILES string of the molecule is Cc1noc(-c2ccc(-n3cnc(C(=O)N[C@@H](C)c4ccc(F)cc4)c3)nc2)n1. The number of hydrogen-bond donors (Lipinski definition) is 1. The quantitative estimate of drug-likeness (QED) is 0.560. The second kappa shape index (κ2) is 7.63. The Morgan fingerprint density at radius 3 is 2.62 bits per heavy atom. The molecule has 0 bridgehead atoms. The van der Waals surface area contributed by atoms with Gasteiger partial charge in [-0.1, -0.05) is 17.3 Å². The summed E-state index contributed by atoms with van der Waals surface area (Å²) < 4.78 is 19.8. The van der Waals surface area contributed by atoms with Crippen LogP contribution in [0.4, 0.5) is 4.39 Å². The molecule has 1 aromatic carbocycles. The van der Waals surface area contributed by atoms with Crippen LogP contribution >= 0.6 is 0 Å². The van der Waals surface area contributed by atoms with Crippen LogP contribution in [-0.4, -0.2) is 30.6 Å². The molecule has 0 aliphatic rings. The van der Waals surface area contributed by atoms with Crippen molar-refractivity contribution >= 4 is 5.91 Å². The largest absolute Gasteiger partial charge is 0.344 e. The van der Waals surface area contributed by atoms with Crippen molar-refractivity contribution in [3.05, 3.63) is 78.0 Å². The molecule has 0 aliphatic carbocycles. The van der Waals surface area contributed by atoms with Crippen LogP contribution in [0.15, 0.2) is 59.6 Å². The number of aromatic nitrogens is 5. The minimum atomic E-state index is -0.335. The Hall–Kier alpha value is -3.88. The minimum Gasteiger partial charge on any atom is -0.344 e. The number of benzene rings is 1. The Bertz CT molecular complexity index is 1130. The van der Waals surface area contributed by atoms with Crippen LogP contribution in [-0.2, 0) is 0 Å². The molecular weight excluding hydrogens is 375 g/mol. The van der Waals surface area contributed by atoms with E-state index in [1.165, 1.54) is 18.5 Å². The summed E-state index contributed by atoms with van der Waals surface area (Å²) in [5, 5.41) is 6.60. The Kier molecular flexibility index (Phi) is 4.86. The van der Waals surface area contributed by atoms with Gasteiger partial charge in [0.2, 0.25) is 0 Å². The van der Waals surface area contributed by atoms with E-state index in [2.05, 4.69) is 25.4 Å². The molecule has 9 heteroatoms. The van der Waals surface area contributed by atoms with Crippen LogP contribution in [0.2, 0.25) is 0 Å². The van der Waals surface area contributed by atoms with Crippen molar-refractivity contribution < 1.29 is 13.7 Å². The summed E-state index contributed by atoms with van der Waals surface area (Å²) in [6, 6.07) is 9.26. The highest BCUT2D eigenvalue weighted by Crippen LogP contribution is 2.18. The molecular formula is C20H17FN6O2. The predicted octanol–water partition coefficient (Wildman–Crippen LogP) is 3.26. The molecule has 1 amide bonds. The smallest absolute Gasteiger partial charge is 0.271 e. The van der Waals surface area contributed by atoms with E-state index in [0.717, 1.165) is 5.56 Å². The van der Waals surface area contributed by atoms with Crippen molar-refractivity contribution in [3.63, 3.8) is 0 Å². The van der Waals surface area contributed by atoms with Gasteiger partial charge in [0.25, 0.3) is 11.8 Å². The van der Waals surface area contributed by atoms with E-state index < -0.39 is 0 Å². The van der Waals surface area contributed by atoms with E-state index in [1.807, 2.05) is 6.92 Å². The summed E-state index contributed by atoms with van der Waals surface area (Å²) in [7, 11) is 0. The number of hydrogen-bond acceptors (Lipinski definition) is 6. The van der Waals surface area contributed by atoms with Crippen LogP contribution < -0.4 is 5.32 Å². The fourth-order valence-corrected chi connectivity index (χ4v) is 2.75. The molecule has 3 heterocycles. The molecule has 0 saturated heterocycles. The molecule has 1 N–H and O–H groups in total. The lowest BCUT2D eigenvalue weighted by molar-refractivity contribution is 0.0935. The zero-order chi connectivity index (χ0) is 20.4. The number of carbonyl (C=O) groups is 1. The highest BCUT2D eigenvalue weighted by molar-refractivity contribution is 5.92.